The molecule has 0 spiro atoms. The van der Waals surface area contributed by atoms with Gasteiger partial charge in [0.2, 0.25) is 0 Å². The van der Waals surface area contributed by atoms with Gasteiger partial charge in [0.25, 0.3) is 0 Å². The van der Waals surface area contributed by atoms with Crippen LogP contribution < -0.4 is 4.74 Å². The lowest BCUT2D eigenvalue weighted by molar-refractivity contribution is -0.108. The lowest BCUT2D eigenvalue weighted by Crippen LogP contribution is -2.34. The third kappa shape index (κ3) is 2.18. The largest absolute Gasteiger partial charge is 0.444 e. The minimum Gasteiger partial charge on any atom is -0.444 e. The number of hydrogen-bond acceptors (Lipinski definition) is 3. The summed E-state index contributed by atoms with van der Waals surface area (Å²) >= 11 is 0. The van der Waals surface area contributed by atoms with Gasteiger partial charge >= 0.3 is 11.8 Å². The Kier molecular flexibility index (Phi) is 3.12. The molecular weight excluding hydrogens is 288 g/mol. The monoisotopic (exact) mass is 302 g/mol. The summed E-state index contributed by atoms with van der Waals surface area (Å²) in [5.74, 6) is -0.989. The Hall–Kier alpha value is -3.07. The average molecular weight is 302 g/mol. The lowest BCUT2D eigenvalue weighted by Gasteiger charge is -2.30. The molecule has 4 rings (SSSR count). The fraction of sp³-hybridized carbons (Fsp3) is 0.0500. The number of fused-ring (bicyclic) bond motifs is 1. The topological polar surface area (TPSA) is 35.5 Å². The van der Waals surface area contributed by atoms with E-state index in [0.29, 0.717) is 11.3 Å². The second-order valence-electron chi connectivity index (χ2n) is 5.33. The number of hydrogen-bond donors (Lipinski definition) is 0. The van der Waals surface area contributed by atoms with Crippen molar-refractivity contribution in [3.63, 3.8) is 0 Å². The van der Waals surface area contributed by atoms with E-state index in [2.05, 4.69) is 0 Å². The molecule has 0 saturated carbocycles. The summed E-state index contributed by atoms with van der Waals surface area (Å²) in [6, 6.07) is 26.2. The molecule has 112 valence electrons. The van der Waals surface area contributed by atoms with E-state index in [-0.39, 0.29) is 5.97 Å². The van der Waals surface area contributed by atoms with Crippen LogP contribution in [0.2, 0.25) is 0 Å². The first-order chi connectivity index (χ1) is 11.3. The second-order valence-corrected chi connectivity index (χ2v) is 5.33. The Labute approximate surface area is 134 Å². The van der Waals surface area contributed by atoms with Crippen molar-refractivity contribution in [1.29, 1.82) is 0 Å². The Morgan fingerprint density at radius 3 is 2.09 bits per heavy atom. The lowest BCUT2D eigenvalue weighted by atomic mass is 9.95. The Bertz CT molecular complexity index is 843. The first kappa shape index (κ1) is 13.6. The minimum atomic E-state index is -1.25. The van der Waals surface area contributed by atoms with E-state index in [4.69, 9.17) is 9.47 Å². The van der Waals surface area contributed by atoms with E-state index in [0.717, 1.165) is 11.1 Å². The molecule has 1 aliphatic rings. The SMILES string of the molecule is O=C1O[C@](Oc2ccccc2)(c2ccccc2)c2ccccc21. The van der Waals surface area contributed by atoms with Crippen LogP contribution in [-0.4, -0.2) is 5.97 Å². The Balaban J connectivity index is 1.92. The molecule has 3 aromatic carbocycles. The molecule has 0 aromatic heterocycles. The fourth-order valence-electron chi connectivity index (χ4n) is 2.85. The zero-order chi connectivity index (χ0) is 15.7. The molecule has 0 amide bonds. The molecule has 23 heavy (non-hydrogen) atoms. The van der Waals surface area contributed by atoms with Crippen molar-refractivity contribution in [2.24, 2.45) is 0 Å². The van der Waals surface area contributed by atoms with Crippen LogP contribution >= 0.6 is 0 Å². The van der Waals surface area contributed by atoms with Gasteiger partial charge in [0.05, 0.1) is 11.1 Å². The number of ether oxygens (including phenoxy) is 2. The molecule has 0 fully saturated rings. The molecule has 0 aliphatic carbocycles. The number of cyclic esters (lactones) is 1. The highest BCUT2D eigenvalue weighted by atomic mass is 16.7. The Morgan fingerprint density at radius 2 is 1.35 bits per heavy atom. The zero-order valence-corrected chi connectivity index (χ0v) is 12.3. The molecule has 3 nitrogen and oxygen atoms in total. The van der Waals surface area contributed by atoms with Crippen LogP contribution in [-0.2, 0) is 10.5 Å². The molecule has 3 aromatic rings. The van der Waals surface area contributed by atoms with Crippen molar-refractivity contribution in [2.45, 2.75) is 5.79 Å². The first-order valence-corrected chi connectivity index (χ1v) is 7.42. The van der Waals surface area contributed by atoms with E-state index in [9.17, 15) is 4.79 Å². The van der Waals surface area contributed by atoms with Crippen molar-refractivity contribution >= 4 is 5.97 Å². The van der Waals surface area contributed by atoms with Crippen LogP contribution in [0.1, 0.15) is 21.5 Å². The van der Waals surface area contributed by atoms with Gasteiger partial charge in [-0.25, -0.2) is 4.79 Å². The van der Waals surface area contributed by atoms with Crippen LogP contribution in [0.3, 0.4) is 0 Å². The molecule has 0 unspecified atom stereocenters. The van der Waals surface area contributed by atoms with Gasteiger partial charge in [-0.1, -0.05) is 60.7 Å². The summed E-state index contributed by atoms with van der Waals surface area (Å²) in [4.78, 5) is 12.3. The van der Waals surface area contributed by atoms with Gasteiger partial charge in [-0.15, -0.1) is 0 Å². The van der Waals surface area contributed by atoms with Crippen molar-refractivity contribution in [3.8, 4) is 5.75 Å². The summed E-state index contributed by atoms with van der Waals surface area (Å²) in [5, 5.41) is 0. The van der Waals surface area contributed by atoms with E-state index in [1.54, 1.807) is 6.07 Å². The third-order valence-corrected chi connectivity index (χ3v) is 3.90. The molecule has 0 radical (unpaired) electrons. The van der Waals surface area contributed by atoms with Gasteiger partial charge in [0.15, 0.2) is 0 Å². The highest BCUT2D eigenvalue weighted by molar-refractivity contribution is 5.95. The van der Waals surface area contributed by atoms with E-state index in [1.165, 1.54) is 0 Å². The van der Waals surface area contributed by atoms with Crippen LogP contribution in [0.4, 0.5) is 0 Å². The summed E-state index contributed by atoms with van der Waals surface area (Å²) < 4.78 is 12.0. The number of carbonyl (C=O) groups excluding carboxylic acids is 1. The molecule has 1 atom stereocenters. The number of para-hydroxylation sites is 1. The Morgan fingerprint density at radius 1 is 0.739 bits per heavy atom. The summed E-state index contributed by atoms with van der Waals surface area (Å²) in [5.41, 5.74) is 2.04. The summed E-state index contributed by atoms with van der Waals surface area (Å²) in [6.45, 7) is 0. The van der Waals surface area contributed by atoms with Crippen molar-refractivity contribution < 1.29 is 14.3 Å². The average Bonchev–Trinajstić information content (AvgIpc) is 2.90. The minimum absolute atomic E-state index is 0.375. The van der Waals surface area contributed by atoms with Crippen LogP contribution in [0.25, 0.3) is 0 Å². The van der Waals surface area contributed by atoms with Crippen molar-refractivity contribution in [3.05, 3.63) is 102 Å². The van der Waals surface area contributed by atoms with E-state index < -0.39 is 5.79 Å². The summed E-state index contributed by atoms with van der Waals surface area (Å²) in [6.07, 6.45) is 0. The molecule has 0 N–H and O–H groups in total. The quantitative estimate of drug-likeness (QED) is 0.682. The molecule has 1 aliphatic heterocycles. The van der Waals surface area contributed by atoms with Gasteiger partial charge in [-0.2, -0.15) is 0 Å². The number of carbonyl (C=O) groups is 1. The maximum absolute atomic E-state index is 12.3. The molecule has 0 saturated heterocycles. The van der Waals surface area contributed by atoms with Gasteiger partial charge in [0.1, 0.15) is 5.75 Å². The highest BCUT2D eigenvalue weighted by Gasteiger charge is 2.49. The van der Waals surface area contributed by atoms with Crippen LogP contribution in [0.15, 0.2) is 84.9 Å². The molecular formula is C20H14O3. The van der Waals surface area contributed by atoms with Gasteiger partial charge < -0.3 is 9.47 Å². The van der Waals surface area contributed by atoms with Gasteiger partial charge in [-0.3, -0.25) is 0 Å². The predicted octanol–water partition coefficient (Wildman–Crippen LogP) is 4.14. The van der Waals surface area contributed by atoms with E-state index in [1.807, 2.05) is 78.9 Å². The second kappa shape index (κ2) is 5.29. The third-order valence-electron chi connectivity index (χ3n) is 3.90. The smallest absolute Gasteiger partial charge is 0.342 e. The standard InChI is InChI=1S/C20H14O3/c21-19-17-13-7-8-14-18(17)20(23-19,15-9-3-1-4-10-15)22-16-11-5-2-6-12-16/h1-14H/t20-/m1/s1. The van der Waals surface area contributed by atoms with Crippen LogP contribution in [0.5, 0.6) is 5.75 Å². The van der Waals surface area contributed by atoms with Crippen molar-refractivity contribution in [2.75, 3.05) is 0 Å². The van der Waals surface area contributed by atoms with Crippen molar-refractivity contribution in [1.82, 2.24) is 0 Å². The van der Waals surface area contributed by atoms with E-state index >= 15 is 0 Å². The number of rotatable bonds is 3. The first-order valence-electron chi connectivity index (χ1n) is 7.42. The number of esters is 1. The maximum atomic E-state index is 12.3. The summed E-state index contributed by atoms with van der Waals surface area (Å²) in [7, 11) is 0. The van der Waals surface area contributed by atoms with Crippen LogP contribution in [0, 0.1) is 0 Å². The highest BCUT2D eigenvalue weighted by Crippen LogP contribution is 2.43. The molecule has 1 heterocycles. The van der Waals surface area contributed by atoms with Gasteiger partial charge in [0, 0.05) is 5.56 Å². The fourth-order valence-corrected chi connectivity index (χ4v) is 2.85. The maximum Gasteiger partial charge on any atom is 0.342 e. The normalized spacial score (nSPS) is 19.0. The van der Waals surface area contributed by atoms with Gasteiger partial charge in [-0.05, 0) is 24.3 Å². The predicted molar refractivity (Wildman–Crippen MR) is 86.1 cm³/mol. The molecule has 3 heteroatoms. The number of benzene rings is 3. The zero-order valence-electron chi connectivity index (χ0n) is 12.3. The molecule has 0 bridgehead atoms.